The van der Waals surface area contributed by atoms with E-state index in [4.69, 9.17) is 4.74 Å². The molecule has 8 nitrogen and oxygen atoms in total. The van der Waals surface area contributed by atoms with E-state index < -0.39 is 17.5 Å². The highest BCUT2D eigenvalue weighted by Gasteiger charge is 2.33. The zero-order chi connectivity index (χ0) is 26.3. The lowest BCUT2D eigenvalue weighted by atomic mass is 10.1. The first-order valence-corrected chi connectivity index (χ1v) is 12.7. The lowest BCUT2D eigenvalue weighted by Gasteiger charge is -2.41. The largest absolute Gasteiger partial charge is 0.492 e. The molecule has 2 N–H and O–H groups in total. The van der Waals surface area contributed by atoms with Crippen molar-refractivity contribution in [3.05, 3.63) is 69.8 Å². The number of anilines is 1. The van der Waals surface area contributed by atoms with Crippen molar-refractivity contribution in [1.29, 1.82) is 0 Å². The molecule has 1 unspecified atom stereocenters. The molecule has 0 spiro atoms. The zero-order valence-corrected chi connectivity index (χ0v) is 21.1. The summed E-state index contributed by atoms with van der Waals surface area (Å²) in [6, 6.07) is 10.6. The third kappa shape index (κ3) is 4.86. The third-order valence-electron chi connectivity index (χ3n) is 7.45. The van der Waals surface area contributed by atoms with E-state index in [2.05, 4.69) is 11.8 Å². The van der Waals surface area contributed by atoms with Crippen LogP contribution in [0.15, 0.2) is 47.4 Å². The number of halogens is 1. The van der Waals surface area contributed by atoms with Crippen LogP contribution in [0.1, 0.15) is 54.4 Å². The average Bonchev–Trinajstić information content (AvgIpc) is 3.73. The number of aliphatic hydroxyl groups is 2. The van der Waals surface area contributed by atoms with Crippen LogP contribution in [0.3, 0.4) is 0 Å². The third-order valence-corrected chi connectivity index (χ3v) is 7.45. The van der Waals surface area contributed by atoms with E-state index in [1.54, 1.807) is 0 Å². The van der Waals surface area contributed by atoms with Crippen LogP contribution in [0.25, 0.3) is 10.9 Å². The Kier molecular flexibility index (Phi) is 7.02. The van der Waals surface area contributed by atoms with Gasteiger partial charge in [0.1, 0.15) is 5.69 Å². The van der Waals surface area contributed by atoms with Gasteiger partial charge in [-0.2, -0.15) is 0 Å². The molecule has 2 aromatic carbocycles. The van der Waals surface area contributed by atoms with Gasteiger partial charge < -0.3 is 24.4 Å². The lowest BCUT2D eigenvalue weighted by molar-refractivity contribution is -0.0435. The number of aliphatic hydroxyl groups excluding tert-OH is 1. The van der Waals surface area contributed by atoms with Crippen LogP contribution in [0.5, 0.6) is 5.75 Å². The van der Waals surface area contributed by atoms with Gasteiger partial charge in [-0.25, -0.2) is 4.39 Å². The van der Waals surface area contributed by atoms with Crippen molar-refractivity contribution >= 4 is 22.4 Å². The van der Waals surface area contributed by atoms with Gasteiger partial charge in [0, 0.05) is 56.4 Å². The SMILES string of the molecule is COc1c(N2CCN(CCC(=O)c3ccccc3)C(C)C2)c(F)cc2c(=O)c(C(O)O)cn(C3CC3)c12. The number of methoxy groups -OCH3 is 1. The number of fused-ring (bicyclic) bond motifs is 1. The molecule has 1 saturated carbocycles. The first-order chi connectivity index (χ1) is 17.8. The Bertz CT molecular complexity index is 1370. The van der Waals surface area contributed by atoms with Crippen LogP contribution in [0.2, 0.25) is 0 Å². The van der Waals surface area contributed by atoms with E-state index in [0.717, 1.165) is 12.8 Å². The van der Waals surface area contributed by atoms with Gasteiger partial charge in [0.2, 0.25) is 0 Å². The molecule has 2 aliphatic rings. The topological polar surface area (TPSA) is 95.2 Å². The number of ketones is 1. The second-order valence-electron chi connectivity index (χ2n) is 9.93. The number of nitrogens with zero attached hydrogens (tertiary/aromatic N) is 3. The fourth-order valence-corrected chi connectivity index (χ4v) is 5.32. The molecule has 196 valence electrons. The van der Waals surface area contributed by atoms with E-state index in [-0.39, 0.29) is 34.6 Å². The first-order valence-electron chi connectivity index (χ1n) is 12.7. The van der Waals surface area contributed by atoms with E-state index in [1.165, 1.54) is 19.4 Å². The maximum absolute atomic E-state index is 15.6. The second-order valence-corrected chi connectivity index (χ2v) is 9.93. The zero-order valence-electron chi connectivity index (χ0n) is 21.1. The molecule has 1 atom stereocenters. The quantitative estimate of drug-likeness (QED) is 0.356. The van der Waals surface area contributed by atoms with Crippen LogP contribution in [0, 0.1) is 5.82 Å². The molecule has 1 aliphatic heterocycles. The van der Waals surface area contributed by atoms with Gasteiger partial charge in [0.25, 0.3) is 0 Å². The summed E-state index contributed by atoms with van der Waals surface area (Å²) in [6.45, 7) is 4.38. The molecule has 3 aromatic rings. The first kappa shape index (κ1) is 25.4. The fourth-order valence-electron chi connectivity index (χ4n) is 5.32. The number of rotatable bonds is 8. The molecule has 37 heavy (non-hydrogen) atoms. The van der Waals surface area contributed by atoms with Crippen molar-refractivity contribution in [1.82, 2.24) is 9.47 Å². The second kappa shape index (κ2) is 10.2. The highest BCUT2D eigenvalue weighted by atomic mass is 19.1. The number of aromatic nitrogens is 1. The number of piperazine rings is 1. The van der Waals surface area contributed by atoms with Crippen molar-refractivity contribution < 1.29 is 24.1 Å². The minimum atomic E-state index is -1.95. The number of benzene rings is 2. The van der Waals surface area contributed by atoms with Crippen molar-refractivity contribution in [2.45, 2.75) is 44.6 Å². The molecule has 1 aromatic heterocycles. The molecule has 0 bridgehead atoms. The number of carbonyl (C=O) groups is 1. The molecular formula is C28H32FN3O5. The normalized spacial score (nSPS) is 18.5. The van der Waals surface area contributed by atoms with Crippen molar-refractivity contribution in [3.8, 4) is 5.75 Å². The number of hydrogen-bond donors (Lipinski definition) is 2. The molecule has 5 rings (SSSR count). The summed E-state index contributed by atoms with van der Waals surface area (Å²) in [5.74, 6) is -0.214. The van der Waals surface area contributed by atoms with Gasteiger partial charge in [-0.15, -0.1) is 0 Å². The molecule has 0 radical (unpaired) electrons. The van der Waals surface area contributed by atoms with Crippen LogP contribution < -0.4 is 15.1 Å². The van der Waals surface area contributed by atoms with Crippen molar-refractivity contribution in [2.75, 3.05) is 38.2 Å². The molecule has 0 amide bonds. The number of hydrogen-bond acceptors (Lipinski definition) is 7. The highest BCUT2D eigenvalue weighted by Crippen LogP contribution is 2.44. The smallest absolute Gasteiger partial charge is 0.197 e. The maximum Gasteiger partial charge on any atom is 0.197 e. The predicted octanol–water partition coefficient (Wildman–Crippen LogP) is 3.25. The van der Waals surface area contributed by atoms with Crippen LogP contribution in [-0.2, 0) is 0 Å². The number of ether oxygens (including phenoxy) is 1. The highest BCUT2D eigenvalue weighted by molar-refractivity contribution is 5.96. The Morgan fingerprint density at radius 1 is 1.19 bits per heavy atom. The lowest BCUT2D eigenvalue weighted by Crippen LogP contribution is -2.52. The van der Waals surface area contributed by atoms with Crippen LogP contribution >= 0.6 is 0 Å². The fraction of sp³-hybridized carbons (Fsp3) is 0.429. The summed E-state index contributed by atoms with van der Waals surface area (Å²) in [7, 11) is 1.46. The van der Waals surface area contributed by atoms with Gasteiger partial charge >= 0.3 is 0 Å². The molecule has 2 fully saturated rings. The predicted molar refractivity (Wildman–Crippen MR) is 139 cm³/mol. The molecular weight excluding hydrogens is 477 g/mol. The molecule has 9 heteroatoms. The summed E-state index contributed by atoms with van der Waals surface area (Å²) < 4.78 is 23.2. The van der Waals surface area contributed by atoms with Gasteiger partial charge in [0.15, 0.2) is 29.1 Å². The monoisotopic (exact) mass is 509 g/mol. The van der Waals surface area contributed by atoms with Gasteiger partial charge in [-0.1, -0.05) is 30.3 Å². The minimum Gasteiger partial charge on any atom is -0.492 e. The molecule has 1 saturated heterocycles. The molecule has 1 aliphatic carbocycles. The Morgan fingerprint density at radius 2 is 1.92 bits per heavy atom. The minimum absolute atomic E-state index is 0.0645. The standard InChI is InChI=1S/C28H32FN3O5/c1-17-15-31(13-12-30(17)11-10-23(33)18-6-4-3-5-7-18)25-22(29)14-20-24(27(25)37-2)32(19-8-9-19)16-21(26(20)34)28(35)36/h3-7,14,16-17,19,28,35-36H,8-13,15H2,1-2H3. The van der Waals surface area contributed by atoms with Gasteiger partial charge in [-0.05, 0) is 25.8 Å². The van der Waals surface area contributed by atoms with E-state index >= 15 is 4.39 Å². The summed E-state index contributed by atoms with van der Waals surface area (Å²) in [4.78, 5) is 29.7. The number of carbonyl (C=O) groups excluding carboxylic acids is 1. The van der Waals surface area contributed by atoms with E-state index in [9.17, 15) is 19.8 Å². The number of Topliss-reactive ketones (excluding diaryl/α,β-unsaturated/α-hetero) is 1. The van der Waals surface area contributed by atoms with Crippen molar-refractivity contribution in [3.63, 3.8) is 0 Å². The summed E-state index contributed by atoms with van der Waals surface area (Å²) >= 11 is 0. The Balaban J connectivity index is 1.42. The van der Waals surface area contributed by atoms with Gasteiger partial charge in [-0.3, -0.25) is 14.5 Å². The van der Waals surface area contributed by atoms with E-state index in [0.29, 0.717) is 49.4 Å². The maximum atomic E-state index is 15.6. The van der Waals surface area contributed by atoms with Crippen LogP contribution in [0.4, 0.5) is 10.1 Å². The molecule has 2 heterocycles. The summed E-state index contributed by atoms with van der Waals surface area (Å²) in [5.41, 5.74) is 0.676. The average molecular weight is 510 g/mol. The van der Waals surface area contributed by atoms with Crippen molar-refractivity contribution in [2.24, 2.45) is 0 Å². The number of pyridine rings is 1. The van der Waals surface area contributed by atoms with Gasteiger partial charge in [0.05, 0.1) is 23.6 Å². The Morgan fingerprint density at radius 3 is 2.54 bits per heavy atom. The Hall–Kier alpha value is -3.27. The van der Waals surface area contributed by atoms with E-state index in [1.807, 2.05) is 39.8 Å². The summed E-state index contributed by atoms with van der Waals surface area (Å²) in [6.07, 6.45) is 1.69. The summed E-state index contributed by atoms with van der Waals surface area (Å²) in [5, 5.41) is 19.5. The van der Waals surface area contributed by atoms with Crippen LogP contribution in [-0.4, -0.2) is 64.8 Å². The Labute approximate surface area is 214 Å².